The van der Waals surface area contributed by atoms with Gasteiger partial charge in [0, 0.05) is 18.5 Å². The van der Waals surface area contributed by atoms with E-state index in [2.05, 4.69) is 16.0 Å². The fraction of sp³-hybridized carbons (Fsp3) is 0.889. The lowest BCUT2D eigenvalue weighted by molar-refractivity contribution is -0.125. The molecule has 4 N–H and O–H groups in total. The molecule has 0 bridgehead atoms. The van der Waals surface area contributed by atoms with Gasteiger partial charge >= 0.3 is 6.03 Å². The van der Waals surface area contributed by atoms with E-state index in [4.69, 9.17) is 4.74 Å². The number of urea groups is 1. The lowest BCUT2D eigenvalue weighted by Crippen LogP contribution is -2.54. The SMILES string of the molecule is CC(C)NC(=O)N[C@H]1CC[C@@H](CCNC(=O)C2CCCC2)O[C@@H]1CO. The summed E-state index contributed by atoms with van der Waals surface area (Å²) >= 11 is 0. The van der Waals surface area contributed by atoms with Gasteiger partial charge in [0.1, 0.15) is 6.10 Å². The first-order valence-corrected chi connectivity index (χ1v) is 9.60. The number of amides is 3. The summed E-state index contributed by atoms with van der Waals surface area (Å²) in [5, 5.41) is 18.2. The van der Waals surface area contributed by atoms with Crippen molar-refractivity contribution < 1.29 is 19.4 Å². The second-order valence-electron chi connectivity index (χ2n) is 7.50. The van der Waals surface area contributed by atoms with Gasteiger partial charge < -0.3 is 25.8 Å². The largest absolute Gasteiger partial charge is 0.394 e. The highest BCUT2D eigenvalue weighted by Gasteiger charge is 2.32. The van der Waals surface area contributed by atoms with Crippen LogP contribution in [0.2, 0.25) is 0 Å². The molecule has 0 unspecified atom stereocenters. The van der Waals surface area contributed by atoms with Crippen LogP contribution in [0.25, 0.3) is 0 Å². The molecule has 25 heavy (non-hydrogen) atoms. The Morgan fingerprint density at radius 2 is 1.88 bits per heavy atom. The molecule has 3 atom stereocenters. The topological polar surface area (TPSA) is 99.7 Å². The molecule has 1 saturated carbocycles. The molecule has 2 fully saturated rings. The van der Waals surface area contributed by atoms with Crippen LogP contribution in [-0.4, -0.2) is 54.5 Å². The maximum atomic E-state index is 12.0. The normalized spacial score (nSPS) is 27.3. The van der Waals surface area contributed by atoms with Gasteiger partial charge in [0.2, 0.25) is 5.91 Å². The standard InChI is InChI=1S/C18H33N3O4/c1-12(2)20-18(24)21-15-8-7-14(25-16(15)11-22)9-10-19-17(23)13-5-3-4-6-13/h12-16,22H,3-11H2,1-2H3,(H,19,23)(H2,20,21,24)/t14-,15-,16+/m0/s1. The first kappa shape index (κ1) is 20.0. The summed E-state index contributed by atoms with van der Waals surface area (Å²) in [6.45, 7) is 4.27. The Morgan fingerprint density at radius 3 is 2.52 bits per heavy atom. The summed E-state index contributed by atoms with van der Waals surface area (Å²) in [6.07, 6.45) is 6.23. The lowest BCUT2D eigenvalue weighted by Gasteiger charge is -2.36. The highest BCUT2D eigenvalue weighted by molar-refractivity contribution is 5.78. The van der Waals surface area contributed by atoms with Gasteiger partial charge in [-0.3, -0.25) is 4.79 Å². The number of aliphatic hydroxyl groups is 1. The predicted octanol–water partition coefficient (Wildman–Crippen LogP) is 1.30. The van der Waals surface area contributed by atoms with Crippen molar-refractivity contribution in [3.05, 3.63) is 0 Å². The van der Waals surface area contributed by atoms with Gasteiger partial charge in [-0.15, -0.1) is 0 Å². The van der Waals surface area contributed by atoms with E-state index in [0.29, 0.717) is 6.54 Å². The van der Waals surface area contributed by atoms with Crippen molar-refractivity contribution in [2.75, 3.05) is 13.2 Å². The monoisotopic (exact) mass is 355 g/mol. The fourth-order valence-corrected chi connectivity index (χ4v) is 3.67. The molecule has 2 rings (SSSR count). The van der Waals surface area contributed by atoms with E-state index in [0.717, 1.165) is 44.9 Å². The minimum absolute atomic E-state index is 0.00670. The molecule has 1 aliphatic carbocycles. The van der Waals surface area contributed by atoms with Gasteiger partial charge in [0.05, 0.1) is 18.8 Å². The fourth-order valence-electron chi connectivity index (χ4n) is 3.67. The summed E-state index contributed by atoms with van der Waals surface area (Å²) < 4.78 is 5.92. The van der Waals surface area contributed by atoms with Crippen molar-refractivity contribution in [3.63, 3.8) is 0 Å². The summed E-state index contributed by atoms with van der Waals surface area (Å²) in [5.41, 5.74) is 0. The molecular formula is C18H33N3O4. The Kier molecular flexibility index (Phi) is 7.96. The third-order valence-electron chi connectivity index (χ3n) is 5.02. The van der Waals surface area contributed by atoms with Crippen LogP contribution in [0.5, 0.6) is 0 Å². The van der Waals surface area contributed by atoms with Crippen LogP contribution in [-0.2, 0) is 9.53 Å². The molecule has 2 aliphatic rings. The minimum atomic E-state index is -0.401. The highest BCUT2D eigenvalue weighted by atomic mass is 16.5. The van der Waals surface area contributed by atoms with E-state index < -0.39 is 6.10 Å². The van der Waals surface area contributed by atoms with Crippen LogP contribution in [0.3, 0.4) is 0 Å². The van der Waals surface area contributed by atoms with Crippen LogP contribution in [0.15, 0.2) is 0 Å². The highest BCUT2D eigenvalue weighted by Crippen LogP contribution is 2.25. The summed E-state index contributed by atoms with van der Waals surface area (Å²) in [6, 6.07) is -0.356. The van der Waals surface area contributed by atoms with Crippen LogP contribution in [0.4, 0.5) is 4.79 Å². The molecule has 0 aromatic rings. The Balaban J connectivity index is 1.69. The molecule has 1 saturated heterocycles. The van der Waals surface area contributed by atoms with Crippen molar-refractivity contribution in [1.82, 2.24) is 16.0 Å². The number of hydrogen-bond acceptors (Lipinski definition) is 4. The third-order valence-corrected chi connectivity index (χ3v) is 5.02. The van der Waals surface area contributed by atoms with Crippen molar-refractivity contribution in [2.45, 2.75) is 83.1 Å². The molecular weight excluding hydrogens is 322 g/mol. The zero-order valence-electron chi connectivity index (χ0n) is 15.4. The van der Waals surface area contributed by atoms with Gasteiger partial charge in [0.15, 0.2) is 0 Å². The second-order valence-corrected chi connectivity index (χ2v) is 7.50. The molecule has 0 aromatic carbocycles. The van der Waals surface area contributed by atoms with Crippen LogP contribution in [0.1, 0.15) is 58.8 Å². The summed E-state index contributed by atoms with van der Waals surface area (Å²) in [4.78, 5) is 23.9. The second kappa shape index (κ2) is 9.97. The quantitative estimate of drug-likeness (QED) is 0.553. The maximum Gasteiger partial charge on any atom is 0.315 e. The van der Waals surface area contributed by atoms with E-state index in [-0.39, 0.29) is 42.7 Å². The number of hydrogen-bond donors (Lipinski definition) is 4. The van der Waals surface area contributed by atoms with Gasteiger partial charge in [-0.1, -0.05) is 12.8 Å². The van der Waals surface area contributed by atoms with E-state index >= 15 is 0 Å². The van der Waals surface area contributed by atoms with Crippen molar-refractivity contribution >= 4 is 11.9 Å². The average Bonchev–Trinajstić information content (AvgIpc) is 3.09. The smallest absolute Gasteiger partial charge is 0.315 e. The molecule has 3 amide bonds. The van der Waals surface area contributed by atoms with Crippen LogP contribution < -0.4 is 16.0 Å². The first-order valence-electron chi connectivity index (χ1n) is 9.60. The van der Waals surface area contributed by atoms with Gasteiger partial charge in [-0.05, 0) is 46.0 Å². The molecule has 0 radical (unpaired) electrons. The van der Waals surface area contributed by atoms with Crippen molar-refractivity contribution in [1.29, 1.82) is 0 Å². The number of aliphatic hydroxyl groups excluding tert-OH is 1. The van der Waals surface area contributed by atoms with Crippen LogP contribution in [0, 0.1) is 5.92 Å². The summed E-state index contributed by atoms with van der Waals surface area (Å²) in [5.74, 6) is 0.349. The number of carbonyl (C=O) groups is 2. The zero-order chi connectivity index (χ0) is 18.2. The lowest BCUT2D eigenvalue weighted by atomic mass is 9.97. The number of nitrogens with one attached hydrogen (secondary N) is 3. The van der Waals surface area contributed by atoms with Crippen molar-refractivity contribution in [2.24, 2.45) is 5.92 Å². The molecule has 144 valence electrons. The van der Waals surface area contributed by atoms with E-state index in [1.54, 1.807) is 0 Å². The summed E-state index contributed by atoms with van der Waals surface area (Å²) in [7, 11) is 0. The van der Waals surface area contributed by atoms with E-state index in [1.165, 1.54) is 0 Å². The Hall–Kier alpha value is -1.34. The minimum Gasteiger partial charge on any atom is -0.394 e. The Labute approximate surface area is 150 Å². The third kappa shape index (κ3) is 6.47. The Morgan fingerprint density at radius 1 is 1.16 bits per heavy atom. The predicted molar refractivity (Wildman–Crippen MR) is 95.2 cm³/mol. The van der Waals surface area contributed by atoms with Gasteiger partial charge in [0.25, 0.3) is 0 Å². The van der Waals surface area contributed by atoms with E-state index in [1.807, 2.05) is 13.8 Å². The number of ether oxygens (including phenoxy) is 1. The molecule has 7 heteroatoms. The first-order chi connectivity index (χ1) is 12.0. The molecule has 1 aliphatic heterocycles. The van der Waals surface area contributed by atoms with Crippen LogP contribution >= 0.6 is 0 Å². The number of rotatable bonds is 7. The van der Waals surface area contributed by atoms with Crippen molar-refractivity contribution in [3.8, 4) is 0 Å². The molecule has 1 heterocycles. The average molecular weight is 355 g/mol. The molecule has 0 spiro atoms. The van der Waals surface area contributed by atoms with E-state index in [9.17, 15) is 14.7 Å². The molecule has 7 nitrogen and oxygen atoms in total. The van der Waals surface area contributed by atoms with Gasteiger partial charge in [-0.25, -0.2) is 4.79 Å². The zero-order valence-corrected chi connectivity index (χ0v) is 15.4. The number of carbonyl (C=O) groups excluding carboxylic acids is 2. The van der Waals surface area contributed by atoms with Gasteiger partial charge in [-0.2, -0.15) is 0 Å². The Bertz CT molecular complexity index is 438. The molecule has 0 aromatic heterocycles. The maximum absolute atomic E-state index is 12.0.